The van der Waals surface area contributed by atoms with E-state index in [1.54, 1.807) is 0 Å². The Morgan fingerprint density at radius 2 is 1.77 bits per heavy atom. The van der Waals surface area contributed by atoms with E-state index in [4.69, 9.17) is 4.84 Å². The molecule has 1 radical (unpaired) electrons. The van der Waals surface area contributed by atoms with Crippen molar-refractivity contribution in [3.05, 3.63) is 70.8 Å². The molecule has 0 bridgehead atoms. The predicted octanol–water partition coefficient (Wildman–Crippen LogP) is 4.70. The molecule has 0 unspecified atom stereocenters. The lowest BCUT2D eigenvalue weighted by Gasteiger charge is -2.06. The predicted molar refractivity (Wildman–Crippen MR) is 78.6 cm³/mol. The first-order valence-electron chi connectivity index (χ1n) is 6.82. The van der Waals surface area contributed by atoms with Gasteiger partial charge in [-0.2, -0.15) is 13.2 Å². The summed E-state index contributed by atoms with van der Waals surface area (Å²) >= 11 is 0. The summed E-state index contributed by atoms with van der Waals surface area (Å²) in [5.74, 6) is 0. The zero-order valence-corrected chi connectivity index (χ0v) is 12.0. The van der Waals surface area contributed by atoms with Crippen LogP contribution in [-0.4, -0.2) is 6.21 Å². The molecule has 0 aromatic heterocycles. The summed E-state index contributed by atoms with van der Waals surface area (Å²) < 4.78 is 37.7. The lowest BCUT2D eigenvalue weighted by molar-refractivity contribution is -0.137. The van der Waals surface area contributed by atoms with Crippen molar-refractivity contribution in [2.24, 2.45) is 5.16 Å². The number of hydrogen-bond donors (Lipinski definition) is 0. The second kappa shape index (κ2) is 7.11. The van der Waals surface area contributed by atoms with E-state index in [1.807, 2.05) is 24.3 Å². The largest absolute Gasteiger partial charge is 0.416 e. The van der Waals surface area contributed by atoms with Crippen molar-refractivity contribution in [1.82, 2.24) is 0 Å². The highest BCUT2D eigenvalue weighted by molar-refractivity contribution is 5.79. The second-order valence-corrected chi connectivity index (χ2v) is 4.73. The third-order valence-electron chi connectivity index (χ3n) is 3.06. The van der Waals surface area contributed by atoms with Crippen molar-refractivity contribution in [3.63, 3.8) is 0 Å². The summed E-state index contributed by atoms with van der Waals surface area (Å²) in [6.07, 6.45) is -0.993. The Morgan fingerprint density at radius 3 is 2.50 bits per heavy atom. The lowest BCUT2D eigenvalue weighted by Crippen LogP contribution is -2.05. The first kappa shape index (κ1) is 16.1. The molecule has 5 heteroatoms. The summed E-state index contributed by atoms with van der Waals surface area (Å²) in [6.45, 7) is 2.30. The van der Waals surface area contributed by atoms with Crippen molar-refractivity contribution in [2.45, 2.75) is 26.1 Å². The number of benzene rings is 2. The van der Waals surface area contributed by atoms with E-state index in [0.29, 0.717) is 0 Å². The fourth-order valence-corrected chi connectivity index (χ4v) is 1.90. The van der Waals surface area contributed by atoms with E-state index in [1.165, 1.54) is 17.7 Å². The number of halogens is 3. The second-order valence-electron chi connectivity index (χ2n) is 4.73. The summed E-state index contributed by atoms with van der Waals surface area (Å²) in [5.41, 5.74) is 1.63. The van der Waals surface area contributed by atoms with Crippen LogP contribution in [0.3, 0.4) is 0 Å². The molecule has 0 N–H and O–H groups in total. The Kier molecular flexibility index (Phi) is 5.20. The number of hydrogen-bond acceptors (Lipinski definition) is 2. The summed E-state index contributed by atoms with van der Waals surface area (Å²) in [4.78, 5) is 5.08. The van der Waals surface area contributed by atoms with Crippen LogP contribution in [0.2, 0.25) is 0 Å². The van der Waals surface area contributed by atoms with Crippen LogP contribution in [0.4, 0.5) is 13.2 Å². The first-order chi connectivity index (χ1) is 10.5. The molecule has 0 spiro atoms. The van der Waals surface area contributed by atoms with Gasteiger partial charge in [-0.15, -0.1) is 0 Å². The van der Waals surface area contributed by atoms with E-state index >= 15 is 0 Å². The van der Waals surface area contributed by atoms with Gasteiger partial charge in [-0.25, -0.2) is 0 Å². The van der Waals surface area contributed by atoms with E-state index in [0.717, 1.165) is 24.1 Å². The summed E-state index contributed by atoms with van der Waals surface area (Å²) in [5, 5.41) is 3.60. The zero-order valence-electron chi connectivity index (χ0n) is 12.0. The fraction of sp³-hybridized carbons (Fsp3) is 0.235. The number of alkyl halides is 3. The maximum absolute atomic E-state index is 12.6. The minimum absolute atomic E-state index is 0.220. The van der Waals surface area contributed by atoms with Crippen LogP contribution in [-0.2, 0) is 24.0 Å². The molecule has 2 rings (SSSR count). The summed E-state index contributed by atoms with van der Waals surface area (Å²) in [6, 6.07) is 12.6. The molecular formula is C17H15F3NO. The third kappa shape index (κ3) is 4.62. The standard InChI is InChI=1S/C17H15F3NO/c1-2-13-5-3-7-15(9-13)12-22-21-11-14-6-4-8-16(10-14)17(18,19)20/h3-10H,2,12H2,1H3. The molecule has 0 aliphatic carbocycles. The van der Waals surface area contributed by atoms with Crippen LogP contribution in [0.25, 0.3) is 0 Å². The van der Waals surface area contributed by atoms with Crippen molar-refractivity contribution >= 4 is 6.21 Å². The minimum atomic E-state index is -4.38. The fourth-order valence-electron chi connectivity index (χ4n) is 1.90. The number of nitrogens with zero attached hydrogens (tertiary/aromatic N) is 1. The number of aryl methyl sites for hydroxylation is 1. The van der Waals surface area contributed by atoms with Gasteiger partial charge in [0.25, 0.3) is 0 Å². The third-order valence-corrected chi connectivity index (χ3v) is 3.06. The van der Waals surface area contributed by atoms with Crippen LogP contribution < -0.4 is 0 Å². The van der Waals surface area contributed by atoms with Gasteiger partial charge in [0.15, 0.2) is 0 Å². The van der Waals surface area contributed by atoms with Crippen molar-refractivity contribution in [2.75, 3.05) is 0 Å². The SMILES string of the molecule is CCc1cccc(CO/N=[C]\c2cccc(C(F)(F)F)c2)c1. The molecule has 2 aromatic carbocycles. The average Bonchev–Trinajstić information content (AvgIpc) is 2.51. The molecule has 22 heavy (non-hydrogen) atoms. The molecule has 115 valence electrons. The van der Waals surface area contributed by atoms with Crippen LogP contribution in [0.15, 0.2) is 53.7 Å². The van der Waals surface area contributed by atoms with E-state index in [2.05, 4.69) is 18.3 Å². The normalized spacial score (nSPS) is 11.8. The highest BCUT2D eigenvalue weighted by Gasteiger charge is 2.30. The van der Waals surface area contributed by atoms with Crippen LogP contribution in [0.1, 0.15) is 29.2 Å². The topological polar surface area (TPSA) is 21.6 Å². The van der Waals surface area contributed by atoms with Crippen LogP contribution in [0, 0.1) is 0 Å². The highest BCUT2D eigenvalue weighted by atomic mass is 19.4. The molecule has 0 amide bonds. The molecule has 0 saturated carbocycles. The van der Waals surface area contributed by atoms with E-state index < -0.39 is 11.7 Å². The molecule has 0 aliphatic rings. The molecule has 0 fully saturated rings. The lowest BCUT2D eigenvalue weighted by atomic mass is 10.1. The van der Waals surface area contributed by atoms with Gasteiger partial charge in [-0.1, -0.05) is 48.5 Å². The van der Waals surface area contributed by atoms with E-state index in [9.17, 15) is 13.2 Å². The average molecular weight is 306 g/mol. The van der Waals surface area contributed by atoms with Crippen LogP contribution >= 0.6 is 0 Å². The van der Waals surface area contributed by atoms with Gasteiger partial charge < -0.3 is 4.84 Å². The van der Waals surface area contributed by atoms with Crippen LogP contribution in [0.5, 0.6) is 0 Å². The molecule has 0 saturated heterocycles. The Balaban J connectivity index is 1.95. The monoisotopic (exact) mass is 306 g/mol. The number of rotatable bonds is 5. The maximum Gasteiger partial charge on any atom is 0.416 e. The van der Waals surface area contributed by atoms with Crippen molar-refractivity contribution < 1.29 is 18.0 Å². The van der Waals surface area contributed by atoms with Gasteiger partial charge in [0.2, 0.25) is 0 Å². The molecule has 0 atom stereocenters. The maximum atomic E-state index is 12.6. The highest BCUT2D eigenvalue weighted by Crippen LogP contribution is 2.29. The van der Waals surface area contributed by atoms with Gasteiger partial charge in [-0.3, -0.25) is 0 Å². The Hall–Kier alpha value is -2.30. The molecule has 0 heterocycles. The first-order valence-corrected chi connectivity index (χ1v) is 6.82. The van der Waals surface area contributed by atoms with Gasteiger partial charge in [0.05, 0.1) is 5.56 Å². The van der Waals surface area contributed by atoms with Gasteiger partial charge in [0.1, 0.15) is 12.8 Å². The molecule has 2 aromatic rings. The smallest absolute Gasteiger partial charge is 0.390 e. The zero-order chi connectivity index (χ0) is 16.0. The Morgan fingerprint density at radius 1 is 1.05 bits per heavy atom. The quantitative estimate of drug-likeness (QED) is 0.580. The van der Waals surface area contributed by atoms with Gasteiger partial charge in [-0.05, 0) is 29.7 Å². The summed E-state index contributed by atoms with van der Waals surface area (Å²) in [7, 11) is 0. The van der Waals surface area contributed by atoms with E-state index in [-0.39, 0.29) is 12.2 Å². The Labute approximate surface area is 127 Å². The molecule has 2 nitrogen and oxygen atoms in total. The van der Waals surface area contributed by atoms with Gasteiger partial charge in [0, 0.05) is 5.56 Å². The van der Waals surface area contributed by atoms with Gasteiger partial charge >= 0.3 is 6.18 Å². The molecular weight excluding hydrogens is 291 g/mol. The van der Waals surface area contributed by atoms with Crippen molar-refractivity contribution in [3.8, 4) is 0 Å². The van der Waals surface area contributed by atoms with Crippen molar-refractivity contribution in [1.29, 1.82) is 0 Å². The Bertz CT molecular complexity index is 650. The minimum Gasteiger partial charge on any atom is -0.390 e. The molecule has 0 aliphatic heterocycles.